The normalized spacial score (nSPS) is 26.7. The van der Waals surface area contributed by atoms with E-state index in [0.29, 0.717) is 6.04 Å². The van der Waals surface area contributed by atoms with Gasteiger partial charge in [-0.2, -0.15) is 11.3 Å². The molecule has 0 amide bonds. The zero-order valence-electron chi connectivity index (χ0n) is 14.3. The smallest absolute Gasteiger partial charge is 0.00104 e. The second-order valence-electron chi connectivity index (χ2n) is 7.57. The fourth-order valence-corrected chi connectivity index (χ4v) is 4.47. The van der Waals surface area contributed by atoms with Crippen molar-refractivity contribution in [3.8, 4) is 0 Å². The van der Waals surface area contributed by atoms with Gasteiger partial charge in [0, 0.05) is 6.04 Å². The highest BCUT2D eigenvalue weighted by Gasteiger charge is 2.31. The Morgan fingerprint density at radius 1 is 1.19 bits per heavy atom. The van der Waals surface area contributed by atoms with Crippen molar-refractivity contribution < 1.29 is 0 Å². The molecule has 3 atom stereocenters. The number of rotatable bonds is 7. The van der Waals surface area contributed by atoms with E-state index in [-0.39, 0.29) is 0 Å². The maximum atomic E-state index is 3.68. The molecule has 0 aliphatic heterocycles. The lowest BCUT2D eigenvalue weighted by Crippen LogP contribution is -2.37. The van der Waals surface area contributed by atoms with Crippen LogP contribution in [0.3, 0.4) is 0 Å². The molecule has 0 aromatic carbocycles. The van der Waals surface area contributed by atoms with E-state index in [1.807, 2.05) is 11.3 Å². The van der Waals surface area contributed by atoms with E-state index in [2.05, 4.69) is 49.8 Å². The van der Waals surface area contributed by atoms with E-state index >= 15 is 0 Å². The van der Waals surface area contributed by atoms with Crippen LogP contribution in [0.15, 0.2) is 16.8 Å². The van der Waals surface area contributed by atoms with Crippen molar-refractivity contribution in [2.75, 3.05) is 6.54 Å². The molecule has 1 nitrogen and oxygen atoms in total. The fourth-order valence-electron chi connectivity index (χ4n) is 3.76. The first-order valence-corrected chi connectivity index (χ1v) is 9.75. The lowest BCUT2D eigenvalue weighted by atomic mass is 9.69. The van der Waals surface area contributed by atoms with E-state index in [4.69, 9.17) is 0 Å². The quantitative estimate of drug-likeness (QED) is 0.714. The van der Waals surface area contributed by atoms with Gasteiger partial charge in [-0.05, 0) is 84.7 Å². The standard InChI is InChI=1S/C19H33NS/c1-14(2)17-7-8-19(12-20-15(3)4)18(11-17)6-5-16-9-10-21-13-16/h9-10,13-15,17-20H,5-8,11-12H2,1-4H3. The van der Waals surface area contributed by atoms with Gasteiger partial charge in [-0.25, -0.2) is 0 Å². The van der Waals surface area contributed by atoms with Crippen LogP contribution in [-0.2, 0) is 6.42 Å². The van der Waals surface area contributed by atoms with Crippen LogP contribution in [-0.4, -0.2) is 12.6 Å². The van der Waals surface area contributed by atoms with Gasteiger partial charge in [-0.15, -0.1) is 0 Å². The van der Waals surface area contributed by atoms with Crippen molar-refractivity contribution >= 4 is 11.3 Å². The van der Waals surface area contributed by atoms with Crippen molar-refractivity contribution in [2.24, 2.45) is 23.7 Å². The molecule has 21 heavy (non-hydrogen) atoms. The van der Waals surface area contributed by atoms with Gasteiger partial charge in [0.2, 0.25) is 0 Å². The molecule has 1 aliphatic rings. The van der Waals surface area contributed by atoms with Crippen LogP contribution < -0.4 is 5.32 Å². The SMILES string of the molecule is CC(C)NCC1CCC(C(C)C)CC1CCc1ccsc1. The van der Waals surface area contributed by atoms with Gasteiger partial charge in [0.15, 0.2) is 0 Å². The number of nitrogens with one attached hydrogen (secondary N) is 1. The van der Waals surface area contributed by atoms with Crippen LogP contribution in [0, 0.1) is 23.7 Å². The zero-order valence-corrected chi connectivity index (χ0v) is 15.1. The van der Waals surface area contributed by atoms with E-state index < -0.39 is 0 Å². The Kier molecular flexibility index (Phi) is 6.75. The Hall–Kier alpha value is -0.340. The highest BCUT2D eigenvalue weighted by molar-refractivity contribution is 7.07. The van der Waals surface area contributed by atoms with Crippen LogP contribution in [0.5, 0.6) is 0 Å². The molecule has 1 aromatic rings. The Labute approximate surface area is 135 Å². The molecule has 1 aliphatic carbocycles. The summed E-state index contributed by atoms with van der Waals surface area (Å²) in [5.41, 5.74) is 1.54. The van der Waals surface area contributed by atoms with Gasteiger partial charge in [0.1, 0.15) is 0 Å². The van der Waals surface area contributed by atoms with E-state index in [0.717, 1.165) is 23.7 Å². The number of thiophene rings is 1. The predicted octanol–water partition coefficient (Wildman–Crippen LogP) is 5.37. The Bertz CT molecular complexity index is 382. The molecule has 1 saturated carbocycles. The summed E-state index contributed by atoms with van der Waals surface area (Å²) < 4.78 is 0. The van der Waals surface area contributed by atoms with Crippen LogP contribution in [0.2, 0.25) is 0 Å². The minimum Gasteiger partial charge on any atom is -0.314 e. The second kappa shape index (κ2) is 8.33. The third-order valence-corrected chi connectivity index (χ3v) is 6.03. The summed E-state index contributed by atoms with van der Waals surface area (Å²) in [6.45, 7) is 10.6. The second-order valence-corrected chi connectivity index (χ2v) is 8.35. The minimum atomic E-state index is 0.616. The van der Waals surface area contributed by atoms with Crippen molar-refractivity contribution in [1.82, 2.24) is 5.32 Å². The minimum absolute atomic E-state index is 0.616. The summed E-state index contributed by atoms with van der Waals surface area (Å²) in [7, 11) is 0. The fraction of sp³-hybridized carbons (Fsp3) is 0.789. The summed E-state index contributed by atoms with van der Waals surface area (Å²) in [5, 5.41) is 8.22. The van der Waals surface area contributed by atoms with E-state index in [1.54, 1.807) is 5.56 Å². The molecule has 0 saturated heterocycles. The average Bonchev–Trinajstić information content (AvgIpc) is 2.96. The lowest BCUT2D eigenvalue weighted by molar-refractivity contribution is 0.136. The van der Waals surface area contributed by atoms with E-state index in [9.17, 15) is 0 Å². The molecule has 1 heterocycles. The Morgan fingerprint density at radius 2 is 2.00 bits per heavy atom. The monoisotopic (exact) mass is 307 g/mol. The molecule has 2 rings (SSSR count). The van der Waals surface area contributed by atoms with Gasteiger partial charge < -0.3 is 5.32 Å². The van der Waals surface area contributed by atoms with Gasteiger partial charge >= 0.3 is 0 Å². The lowest BCUT2D eigenvalue weighted by Gasteiger charge is -2.38. The third kappa shape index (κ3) is 5.41. The Morgan fingerprint density at radius 3 is 2.62 bits per heavy atom. The molecule has 1 fully saturated rings. The molecule has 2 heteroatoms. The topological polar surface area (TPSA) is 12.0 Å². The van der Waals surface area contributed by atoms with Crippen LogP contribution >= 0.6 is 11.3 Å². The average molecular weight is 308 g/mol. The van der Waals surface area contributed by atoms with Crippen molar-refractivity contribution in [1.29, 1.82) is 0 Å². The van der Waals surface area contributed by atoms with Crippen LogP contribution in [0.4, 0.5) is 0 Å². The highest BCUT2D eigenvalue weighted by Crippen LogP contribution is 2.39. The first-order valence-electron chi connectivity index (χ1n) is 8.80. The van der Waals surface area contributed by atoms with Gasteiger partial charge in [0.25, 0.3) is 0 Å². The van der Waals surface area contributed by atoms with Crippen LogP contribution in [0.25, 0.3) is 0 Å². The van der Waals surface area contributed by atoms with Crippen molar-refractivity contribution in [2.45, 2.75) is 65.8 Å². The molecule has 1 aromatic heterocycles. The first kappa shape index (κ1) is 17.0. The molecule has 1 N–H and O–H groups in total. The summed E-state index contributed by atoms with van der Waals surface area (Å²) in [6, 6.07) is 2.92. The van der Waals surface area contributed by atoms with Gasteiger partial charge in [-0.3, -0.25) is 0 Å². The third-order valence-electron chi connectivity index (χ3n) is 5.30. The van der Waals surface area contributed by atoms with Crippen molar-refractivity contribution in [3.05, 3.63) is 22.4 Å². The molecule has 3 unspecified atom stereocenters. The summed E-state index contributed by atoms with van der Waals surface area (Å²) in [4.78, 5) is 0. The molecule has 0 radical (unpaired) electrons. The van der Waals surface area contributed by atoms with E-state index in [1.165, 1.54) is 38.6 Å². The summed E-state index contributed by atoms with van der Waals surface area (Å²) >= 11 is 1.83. The molecular formula is C19H33NS. The maximum absolute atomic E-state index is 3.68. The molecule has 0 bridgehead atoms. The maximum Gasteiger partial charge on any atom is 0.00104 e. The summed E-state index contributed by atoms with van der Waals surface area (Å²) in [6.07, 6.45) is 6.97. The largest absolute Gasteiger partial charge is 0.314 e. The van der Waals surface area contributed by atoms with Crippen LogP contribution in [0.1, 0.15) is 58.9 Å². The van der Waals surface area contributed by atoms with Crippen molar-refractivity contribution in [3.63, 3.8) is 0 Å². The van der Waals surface area contributed by atoms with Gasteiger partial charge in [0.05, 0.1) is 0 Å². The number of hydrogen-bond donors (Lipinski definition) is 1. The molecular weight excluding hydrogens is 274 g/mol. The number of hydrogen-bond acceptors (Lipinski definition) is 2. The first-order chi connectivity index (χ1) is 10.1. The zero-order chi connectivity index (χ0) is 15.2. The highest BCUT2D eigenvalue weighted by atomic mass is 32.1. The molecule has 0 spiro atoms. The van der Waals surface area contributed by atoms with Gasteiger partial charge in [-0.1, -0.05) is 27.7 Å². The molecule has 120 valence electrons. The summed E-state index contributed by atoms with van der Waals surface area (Å²) in [5.74, 6) is 3.61. The predicted molar refractivity (Wildman–Crippen MR) is 94.9 cm³/mol. The Balaban J connectivity index is 1.91. The number of aryl methyl sites for hydroxylation is 1.